The lowest BCUT2D eigenvalue weighted by Crippen LogP contribution is -2.30. The van der Waals surface area contributed by atoms with Crippen LogP contribution in [0.4, 0.5) is 0 Å². The van der Waals surface area contributed by atoms with Crippen molar-refractivity contribution in [1.82, 2.24) is 5.32 Å². The molecule has 2 heteroatoms. The number of unbranched alkanes of at least 4 members (excludes halogenated alkanes) is 9. The third-order valence-electron chi connectivity index (χ3n) is 3.93. The van der Waals surface area contributed by atoms with Gasteiger partial charge >= 0.3 is 0 Å². The van der Waals surface area contributed by atoms with Gasteiger partial charge in [0.15, 0.2) is 0 Å². The number of hydrogen-bond acceptors (Lipinski definition) is 2. The lowest BCUT2D eigenvalue weighted by molar-refractivity contribution is 0.262. The molecule has 0 rings (SSSR count). The molecular formula is C17H37NO. The first-order chi connectivity index (χ1) is 9.35. The number of aliphatic hydroxyl groups is 1. The van der Waals surface area contributed by atoms with Crippen LogP contribution in [0.2, 0.25) is 0 Å². The van der Waals surface area contributed by atoms with E-state index in [-0.39, 0.29) is 0 Å². The van der Waals surface area contributed by atoms with Crippen LogP contribution in [0.3, 0.4) is 0 Å². The molecule has 1 unspecified atom stereocenters. The fraction of sp³-hybridized carbons (Fsp3) is 1.00. The summed E-state index contributed by atoms with van der Waals surface area (Å²) in [7, 11) is 0. The van der Waals surface area contributed by atoms with E-state index in [0.29, 0.717) is 12.6 Å². The molecule has 2 nitrogen and oxygen atoms in total. The molecule has 0 saturated carbocycles. The maximum atomic E-state index is 8.90. The summed E-state index contributed by atoms with van der Waals surface area (Å²) in [6, 6.07) is 0.517. The number of aliphatic hydroxyl groups excluding tert-OH is 1. The predicted molar refractivity (Wildman–Crippen MR) is 85.6 cm³/mol. The van der Waals surface area contributed by atoms with E-state index in [2.05, 4.69) is 19.2 Å². The molecule has 0 aliphatic carbocycles. The number of nitrogens with one attached hydrogen (secondary N) is 1. The first kappa shape index (κ1) is 18.9. The van der Waals surface area contributed by atoms with Crippen molar-refractivity contribution < 1.29 is 5.11 Å². The molecule has 116 valence electrons. The van der Waals surface area contributed by atoms with Crippen LogP contribution < -0.4 is 5.32 Å². The van der Waals surface area contributed by atoms with Gasteiger partial charge in [0, 0.05) is 12.6 Å². The predicted octanol–water partition coefficient (Wildman–Crippen LogP) is 4.66. The molecule has 0 spiro atoms. The molecule has 0 radical (unpaired) electrons. The highest BCUT2D eigenvalue weighted by Crippen LogP contribution is 2.10. The molecule has 0 amide bonds. The van der Waals surface area contributed by atoms with Gasteiger partial charge in [-0.15, -0.1) is 0 Å². The maximum Gasteiger partial charge on any atom is 0.0445 e. The highest BCUT2D eigenvalue weighted by atomic mass is 16.3. The van der Waals surface area contributed by atoms with Crippen LogP contribution in [0, 0.1) is 0 Å². The highest BCUT2D eigenvalue weighted by Gasteiger charge is 2.03. The third kappa shape index (κ3) is 14.1. The first-order valence-corrected chi connectivity index (χ1v) is 8.69. The monoisotopic (exact) mass is 271 g/mol. The van der Waals surface area contributed by atoms with E-state index >= 15 is 0 Å². The molecule has 19 heavy (non-hydrogen) atoms. The van der Waals surface area contributed by atoms with Crippen LogP contribution in [-0.2, 0) is 0 Å². The van der Waals surface area contributed by atoms with Crippen molar-refractivity contribution in [2.45, 2.75) is 96.9 Å². The van der Waals surface area contributed by atoms with Gasteiger partial charge < -0.3 is 10.4 Å². The zero-order valence-corrected chi connectivity index (χ0v) is 13.4. The van der Waals surface area contributed by atoms with E-state index in [4.69, 9.17) is 5.11 Å². The minimum Gasteiger partial charge on any atom is -0.396 e. The number of rotatable bonds is 15. The van der Waals surface area contributed by atoms with Crippen LogP contribution >= 0.6 is 0 Å². The molecule has 0 fully saturated rings. The smallest absolute Gasteiger partial charge is 0.0445 e. The molecule has 0 bridgehead atoms. The molecule has 0 aromatic heterocycles. The van der Waals surface area contributed by atoms with Gasteiger partial charge in [0.05, 0.1) is 0 Å². The SMILES string of the molecule is CCCCCCCCCCCCNC(CC)CCO. The lowest BCUT2D eigenvalue weighted by Gasteiger charge is -2.15. The largest absolute Gasteiger partial charge is 0.396 e. The highest BCUT2D eigenvalue weighted by molar-refractivity contribution is 4.63. The van der Waals surface area contributed by atoms with Gasteiger partial charge in [-0.1, -0.05) is 71.6 Å². The Bertz CT molecular complexity index is 161. The van der Waals surface area contributed by atoms with Crippen molar-refractivity contribution in [1.29, 1.82) is 0 Å². The second kappa shape index (κ2) is 16.0. The summed E-state index contributed by atoms with van der Waals surface area (Å²) in [6.07, 6.45) is 16.0. The Balaban J connectivity index is 3.09. The van der Waals surface area contributed by atoms with Crippen LogP contribution in [0.15, 0.2) is 0 Å². The summed E-state index contributed by atoms with van der Waals surface area (Å²) >= 11 is 0. The molecule has 1 atom stereocenters. The molecule has 0 aromatic rings. The van der Waals surface area contributed by atoms with Gasteiger partial charge in [-0.25, -0.2) is 0 Å². The summed E-state index contributed by atoms with van der Waals surface area (Å²) in [5, 5.41) is 12.4. The van der Waals surface area contributed by atoms with Crippen molar-refractivity contribution in [2.24, 2.45) is 0 Å². The molecule has 0 aliphatic heterocycles. The fourth-order valence-electron chi connectivity index (χ4n) is 2.52. The molecule has 0 aliphatic rings. The van der Waals surface area contributed by atoms with Gasteiger partial charge in [0.25, 0.3) is 0 Å². The fourth-order valence-corrected chi connectivity index (χ4v) is 2.52. The van der Waals surface area contributed by atoms with E-state index < -0.39 is 0 Å². The summed E-state index contributed by atoms with van der Waals surface area (Å²) in [4.78, 5) is 0. The Kier molecular flexibility index (Phi) is 15.9. The molecule has 0 heterocycles. The van der Waals surface area contributed by atoms with E-state index in [9.17, 15) is 0 Å². The topological polar surface area (TPSA) is 32.3 Å². The standard InChI is InChI=1S/C17H37NO/c1-3-5-6-7-8-9-10-11-12-13-15-18-17(4-2)14-16-19/h17-19H,3-16H2,1-2H3. The summed E-state index contributed by atoms with van der Waals surface area (Å²) in [5.41, 5.74) is 0. The Morgan fingerprint density at radius 2 is 1.32 bits per heavy atom. The number of hydrogen-bond donors (Lipinski definition) is 2. The Morgan fingerprint density at radius 3 is 1.79 bits per heavy atom. The normalized spacial score (nSPS) is 12.8. The lowest BCUT2D eigenvalue weighted by atomic mass is 10.1. The molecule has 0 saturated heterocycles. The van der Waals surface area contributed by atoms with Crippen molar-refractivity contribution in [2.75, 3.05) is 13.2 Å². The van der Waals surface area contributed by atoms with Crippen molar-refractivity contribution >= 4 is 0 Å². The Labute approximate surface area is 121 Å². The second-order valence-electron chi connectivity index (χ2n) is 5.75. The Hall–Kier alpha value is -0.0800. The average molecular weight is 271 g/mol. The van der Waals surface area contributed by atoms with E-state index in [1.807, 2.05) is 0 Å². The van der Waals surface area contributed by atoms with E-state index in [1.54, 1.807) is 0 Å². The van der Waals surface area contributed by atoms with Crippen LogP contribution in [0.5, 0.6) is 0 Å². The zero-order valence-electron chi connectivity index (χ0n) is 13.4. The van der Waals surface area contributed by atoms with Gasteiger partial charge in [0.1, 0.15) is 0 Å². The van der Waals surface area contributed by atoms with E-state index in [1.165, 1.54) is 64.2 Å². The van der Waals surface area contributed by atoms with E-state index in [0.717, 1.165) is 19.4 Å². The van der Waals surface area contributed by atoms with Crippen molar-refractivity contribution in [3.63, 3.8) is 0 Å². The maximum absolute atomic E-state index is 8.90. The second-order valence-corrected chi connectivity index (χ2v) is 5.75. The minimum absolute atomic E-state index is 0.309. The average Bonchev–Trinajstić information content (AvgIpc) is 2.43. The summed E-state index contributed by atoms with van der Waals surface area (Å²) in [5.74, 6) is 0. The molecule has 2 N–H and O–H groups in total. The summed E-state index contributed by atoms with van der Waals surface area (Å²) in [6.45, 7) is 5.89. The zero-order chi connectivity index (χ0) is 14.2. The minimum atomic E-state index is 0.309. The molecular weight excluding hydrogens is 234 g/mol. The first-order valence-electron chi connectivity index (χ1n) is 8.69. The van der Waals surface area contributed by atoms with Crippen LogP contribution in [0.25, 0.3) is 0 Å². The Morgan fingerprint density at radius 1 is 0.789 bits per heavy atom. The van der Waals surface area contributed by atoms with Crippen LogP contribution in [-0.4, -0.2) is 24.3 Å². The van der Waals surface area contributed by atoms with Gasteiger partial charge in [-0.2, -0.15) is 0 Å². The van der Waals surface area contributed by atoms with Crippen molar-refractivity contribution in [3.8, 4) is 0 Å². The van der Waals surface area contributed by atoms with Crippen LogP contribution in [0.1, 0.15) is 90.9 Å². The van der Waals surface area contributed by atoms with Gasteiger partial charge in [0.2, 0.25) is 0 Å². The summed E-state index contributed by atoms with van der Waals surface area (Å²) < 4.78 is 0. The van der Waals surface area contributed by atoms with Crippen molar-refractivity contribution in [3.05, 3.63) is 0 Å². The molecule has 0 aromatic carbocycles. The van der Waals surface area contributed by atoms with Gasteiger partial charge in [-0.3, -0.25) is 0 Å². The third-order valence-corrected chi connectivity index (χ3v) is 3.93. The van der Waals surface area contributed by atoms with Gasteiger partial charge in [-0.05, 0) is 25.8 Å². The quantitative estimate of drug-likeness (QED) is 0.425.